The van der Waals surface area contributed by atoms with Gasteiger partial charge in [0.1, 0.15) is 6.10 Å². The van der Waals surface area contributed by atoms with E-state index in [2.05, 4.69) is 0 Å². The summed E-state index contributed by atoms with van der Waals surface area (Å²) >= 11 is 0. The number of carbonyl (C=O) groups excluding carboxylic acids is 2. The molecule has 5 nitrogen and oxygen atoms in total. The van der Waals surface area contributed by atoms with Gasteiger partial charge in [-0.15, -0.1) is 10.5 Å². The van der Waals surface area contributed by atoms with Crippen molar-refractivity contribution < 1.29 is 24.2 Å². The van der Waals surface area contributed by atoms with Gasteiger partial charge in [-0.2, -0.15) is 0 Å². The van der Waals surface area contributed by atoms with Gasteiger partial charge in [0, 0.05) is 9.79 Å². The molecule has 1 N–H and O–H groups in total. The predicted octanol–water partition coefficient (Wildman–Crippen LogP) is 2.90. The topological polar surface area (TPSA) is 72.8 Å². The van der Waals surface area contributed by atoms with E-state index in [1.54, 1.807) is 0 Å². The smallest absolute Gasteiger partial charge is 0.351 e. The molecule has 1 unspecified atom stereocenters. The molecule has 136 valence electrons. The molecule has 2 atom stereocenters. The Morgan fingerprint density at radius 2 is 1.62 bits per heavy atom. The second-order valence-corrected chi connectivity index (χ2v) is 7.93. The molecule has 1 aliphatic heterocycles. The SMILES string of the molecule is COC(=O)C(C(=O)OC)=S1c2ccccc2[C@@H](O)c2cc(C)cc(C)c21. The van der Waals surface area contributed by atoms with Crippen LogP contribution >= 0.6 is 10.5 Å². The first-order valence-corrected chi connectivity index (χ1v) is 9.29. The maximum atomic E-state index is 12.5. The molecule has 0 fully saturated rings. The van der Waals surface area contributed by atoms with Crippen molar-refractivity contribution in [2.24, 2.45) is 0 Å². The van der Waals surface area contributed by atoms with Crippen molar-refractivity contribution >= 4 is 27.3 Å². The van der Waals surface area contributed by atoms with Crippen molar-refractivity contribution in [2.45, 2.75) is 29.7 Å². The molecule has 1 heterocycles. The highest BCUT2D eigenvalue weighted by Crippen LogP contribution is 2.52. The lowest BCUT2D eigenvalue weighted by Crippen LogP contribution is -2.28. The Hall–Kier alpha value is -2.44. The van der Waals surface area contributed by atoms with Crippen LogP contribution < -0.4 is 0 Å². The normalized spacial score (nSPS) is 17.7. The fraction of sp³-hybridized carbons (Fsp3) is 0.250. The monoisotopic (exact) mass is 372 g/mol. The van der Waals surface area contributed by atoms with Crippen LogP contribution in [0.3, 0.4) is 0 Å². The number of hydrogen-bond acceptors (Lipinski definition) is 5. The van der Waals surface area contributed by atoms with Gasteiger partial charge in [-0.1, -0.05) is 35.9 Å². The van der Waals surface area contributed by atoms with Crippen molar-refractivity contribution in [1.29, 1.82) is 0 Å². The maximum Gasteiger partial charge on any atom is 0.351 e. The van der Waals surface area contributed by atoms with Crippen LogP contribution in [0.4, 0.5) is 0 Å². The summed E-state index contributed by atoms with van der Waals surface area (Å²) in [6, 6.07) is 11.2. The van der Waals surface area contributed by atoms with E-state index in [9.17, 15) is 14.7 Å². The second kappa shape index (κ2) is 7.05. The van der Waals surface area contributed by atoms with Crippen LogP contribution in [0.5, 0.6) is 0 Å². The molecule has 2 aromatic carbocycles. The zero-order valence-electron chi connectivity index (χ0n) is 15.0. The molecule has 0 bridgehead atoms. The highest BCUT2D eigenvalue weighted by molar-refractivity contribution is 8.18. The lowest BCUT2D eigenvalue weighted by atomic mass is 9.97. The van der Waals surface area contributed by atoms with Gasteiger partial charge in [-0.25, -0.2) is 9.59 Å². The summed E-state index contributed by atoms with van der Waals surface area (Å²) < 4.78 is 9.75. The molecular weight excluding hydrogens is 352 g/mol. The number of fused-ring (bicyclic) bond motifs is 2. The maximum absolute atomic E-state index is 12.5. The van der Waals surface area contributed by atoms with E-state index in [4.69, 9.17) is 9.47 Å². The first-order valence-electron chi connectivity index (χ1n) is 8.06. The Balaban J connectivity index is 2.50. The van der Waals surface area contributed by atoms with Gasteiger partial charge < -0.3 is 14.6 Å². The number of methoxy groups -OCH3 is 2. The minimum Gasteiger partial charge on any atom is -0.465 e. The molecule has 0 saturated heterocycles. The highest BCUT2D eigenvalue weighted by atomic mass is 32.2. The van der Waals surface area contributed by atoms with E-state index < -0.39 is 28.5 Å². The largest absolute Gasteiger partial charge is 0.465 e. The minimum atomic E-state index is -1.03. The van der Waals surface area contributed by atoms with Crippen LogP contribution in [0.1, 0.15) is 28.4 Å². The number of ether oxygens (including phenoxy) is 2. The summed E-state index contributed by atoms with van der Waals surface area (Å²) in [5.74, 6) is -1.45. The molecule has 0 saturated carbocycles. The molecule has 0 aromatic heterocycles. The Labute approximate surface area is 154 Å². The molecule has 0 aliphatic carbocycles. The Kier molecular flexibility index (Phi) is 4.98. The van der Waals surface area contributed by atoms with Crippen molar-refractivity contribution in [1.82, 2.24) is 0 Å². The van der Waals surface area contributed by atoms with Crippen molar-refractivity contribution in [2.75, 3.05) is 14.2 Å². The fourth-order valence-corrected chi connectivity index (χ4v) is 5.85. The van der Waals surface area contributed by atoms with E-state index in [1.807, 2.05) is 50.2 Å². The van der Waals surface area contributed by atoms with Crippen molar-refractivity contribution in [3.05, 3.63) is 58.7 Å². The van der Waals surface area contributed by atoms with Crippen molar-refractivity contribution in [3.8, 4) is 0 Å². The average molecular weight is 372 g/mol. The lowest BCUT2D eigenvalue weighted by molar-refractivity contribution is -0.137. The van der Waals surface area contributed by atoms with Crippen LogP contribution in [0.15, 0.2) is 46.2 Å². The number of benzene rings is 2. The first-order chi connectivity index (χ1) is 12.4. The molecular formula is C20H20O5S. The summed E-state index contributed by atoms with van der Waals surface area (Å²) in [4.78, 5) is 26.4. The Morgan fingerprint density at radius 1 is 1.00 bits per heavy atom. The van der Waals surface area contributed by atoms with E-state index in [0.717, 1.165) is 20.9 Å². The van der Waals surface area contributed by atoms with E-state index in [1.165, 1.54) is 14.2 Å². The van der Waals surface area contributed by atoms with Gasteiger partial charge in [-0.05, 0) is 36.6 Å². The number of aliphatic hydroxyl groups excluding tert-OH is 1. The zero-order valence-corrected chi connectivity index (χ0v) is 15.8. The summed E-state index contributed by atoms with van der Waals surface area (Å²) in [6.07, 6.45) is -0.819. The number of carbonyl (C=O) groups is 2. The summed E-state index contributed by atoms with van der Waals surface area (Å²) in [6.45, 7) is 3.86. The number of aryl methyl sites for hydroxylation is 2. The van der Waals surface area contributed by atoms with Gasteiger partial charge in [0.25, 0.3) is 0 Å². The van der Waals surface area contributed by atoms with Gasteiger partial charge in [0.05, 0.1) is 14.2 Å². The number of rotatable bonds is 2. The summed E-state index contributed by atoms with van der Waals surface area (Å²) in [7, 11) is 1.45. The molecule has 0 radical (unpaired) electrons. The first kappa shape index (κ1) is 18.4. The highest BCUT2D eigenvalue weighted by Gasteiger charge is 2.34. The van der Waals surface area contributed by atoms with Gasteiger partial charge >= 0.3 is 11.9 Å². The molecule has 1 aliphatic rings. The Bertz CT molecular complexity index is 927. The van der Waals surface area contributed by atoms with Crippen LogP contribution in [0.25, 0.3) is 0 Å². The standard InChI is InChI=1S/C20H20O5S/c1-11-9-12(2)17-14(10-11)16(21)13-7-5-6-8-15(13)26(17)18(19(22)24-3)20(23)25-4/h5-10,16,21H,1-4H3/t16-,26?/m1/s1. The minimum absolute atomic E-state index is 0.0671. The molecule has 26 heavy (non-hydrogen) atoms. The summed E-state index contributed by atoms with van der Waals surface area (Å²) in [5, 5.41) is 10.9. The van der Waals surface area contributed by atoms with E-state index >= 15 is 0 Å². The van der Waals surface area contributed by atoms with Crippen LogP contribution in [0, 0.1) is 13.8 Å². The summed E-state index contributed by atoms with van der Waals surface area (Å²) in [5.41, 5.74) is 3.29. The molecule has 0 spiro atoms. The van der Waals surface area contributed by atoms with E-state index in [0.29, 0.717) is 11.1 Å². The van der Waals surface area contributed by atoms with Gasteiger partial charge in [-0.3, -0.25) is 0 Å². The van der Waals surface area contributed by atoms with Crippen molar-refractivity contribution in [3.63, 3.8) is 0 Å². The number of esters is 2. The molecule has 6 heteroatoms. The third kappa shape index (κ3) is 2.85. The second-order valence-electron chi connectivity index (χ2n) is 6.06. The quantitative estimate of drug-likeness (QED) is 0.499. The average Bonchev–Trinajstić information content (AvgIpc) is 2.64. The third-order valence-corrected chi connectivity index (χ3v) is 6.84. The molecule has 2 aromatic rings. The molecule has 3 rings (SSSR count). The lowest BCUT2D eigenvalue weighted by Gasteiger charge is -2.30. The Morgan fingerprint density at radius 3 is 2.23 bits per heavy atom. The molecule has 0 amide bonds. The van der Waals surface area contributed by atoms with Gasteiger partial charge in [0.15, 0.2) is 4.86 Å². The predicted molar refractivity (Wildman–Crippen MR) is 99.6 cm³/mol. The van der Waals surface area contributed by atoms with E-state index in [-0.39, 0.29) is 4.86 Å². The zero-order chi connectivity index (χ0) is 19.0. The van der Waals surface area contributed by atoms with Crippen LogP contribution in [-0.2, 0) is 19.1 Å². The number of aliphatic hydroxyl groups is 1. The third-order valence-electron chi connectivity index (χ3n) is 4.33. The van der Waals surface area contributed by atoms with Crippen LogP contribution in [0.2, 0.25) is 0 Å². The number of hydrogen-bond donors (Lipinski definition) is 1. The van der Waals surface area contributed by atoms with Gasteiger partial charge in [0.2, 0.25) is 0 Å². The fourth-order valence-electron chi connectivity index (χ4n) is 3.29. The van der Waals surface area contributed by atoms with Crippen LogP contribution in [-0.4, -0.2) is 36.1 Å².